The summed E-state index contributed by atoms with van der Waals surface area (Å²) in [4.78, 5) is 41.5. The first-order chi connectivity index (χ1) is 14.8. The summed E-state index contributed by atoms with van der Waals surface area (Å²) < 4.78 is 0.914. The number of carbonyl (C=O) groups excluding carboxylic acids is 3. The molecule has 1 heterocycles. The maximum absolute atomic E-state index is 12.7. The van der Waals surface area contributed by atoms with Crippen molar-refractivity contribution < 1.29 is 14.4 Å². The number of aromatic nitrogens is 1. The molecule has 0 saturated carbocycles. The summed E-state index contributed by atoms with van der Waals surface area (Å²) in [7, 11) is 0. The van der Waals surface area contributed by atoms with Gasteiger partial charge in [-0.25, -0.2) is 0 Å². The molecular formula is C23H21BrN4O3. The number of nitrogens with one attached hydrogen (secondary N) is 3. The Labute approximate surface area is 188 Å². The second-order valence-electron chi connectivity index (χ2n) is 6.88. The number of anilines is 2. The largest absolute Gasteiger partial charge is 0.343 e. The van der Waals surface area contributed by atoms with Crippen LogP contribution in [0, 0.1) is 13.8 Å². The van der Waals surface area contributed by atoms with Gasteiger partial charge in [0.2, 0.25) is 5.91 Å². The van der Waals surface area contributed by atoms with Gasteiger partial charge in [-0.2, -0.15) is 0 Å². The van der Waals surface area contributed by atoms with E-state index < -0.39 is 5.91 Å². The molecule has 0 fully saturated rings. The molecule has 3 aromatic rings. The Morgan fingerprint density at radius 3 is 2.35 bits per heavy atom. The van der Waals surface area contributed by atoms with Crippen molar-refractivity contribution in [1.29, 1.82) is 0 Å². The van der Waals surface area contributed by atoms with Crippen molar-refractivity contribution >= 4 is 45.0 Å². The number of para-hydroxylation sites is 1. The zero-order chi connectivity index (χ0) is 22.4. The number of pyridine rings is 1. The summed E-state index contributed by atoms with van der Waals surface area (Å²) in [5.41, 5.74) is 3.39. The van der Waals surface area contributed by atoms with Gasteiger partial charge in [-0.1, -0.05) is 28.1 Å². The highest BCUT2D eigenvalue weighted by Crippen LogP contribution is 2.22. The maximum Gasteiger partial charge on any atom is 0.255 e. The molecule has 3 amide bonds. The summed E-state index contributed by atoms with van der Waals surface area (Å²) in [6, 6.07) is 13.8. The summed E-state index contributed by atoms with van der Waals surface area (Å²) in [6.45, 7) is 3.46. The van der Waals surface area contributed by atoms with E-state index in [-0.39, 0.29) is 23.9 Å². The lowest BCUT2D eigenvalue weighted by molar-refractivity contribution is -0.115. The third-order valence-electron chi connectivity index (χ3n) is 4.57. The smallest absolute Gasteiger partial charge is 0.255 e. The number of hydrogen-bond donors (Lipinski definition) is 3. The molecule has 0 spiro atoms. The van der Waals surface area contributed by atoms with E-state index in [1.54, 1.807) is 43.3 Å². The minimum atomic E-state index is -0.462. The second kappa shape index (κ2) is 9.99. The van der Waals surface area contributed by atoms with Crippen molar-refractivity contribution in [3.05, 3.63) is 87.7 Å². The fourth-order valence-corrected chi connectivity index (χ4v) is 3.40. The average molecular weight is 481 g/mol. The molecule has 3 rings (SSSR count). The molecule has 3 N–H and O–H groups in total. The van der Waals surface area contributed by atoms with E-state index in [9.17, 15) is 14.4 Å². The molecule has 0 atom stereocenters. The fraction of sp³-hybridized carbons (Fsp3) is 0.130. The Balaban J connectivity index is 1.68. The van der Waals surface area contributed by atoms with Gasteiger partial charge in [0, 0.05) is 28.1 Å². The summed E-state index contributed by atoms with van der Waals surface area (Å²) in [6.07, 6.45) is 3.04. The van der Waals surface area contributed by atoms with Gasteiger partial charge in [-0.15, -0.1) is 0 Å². The average Bonchev–Trinajstić information content (AvgIpc) is 2.76. The number of amides is 3. The molecule has 0 bridgehead atoms. The predicted octanol–water partition coefficient (Wildman–Crippen LogP) is 4.08. The Morgan fingerprint density at radius 1 is 0.903 bits per heavy atom. The number of carbonyl (C=O) groups is 3. The molecule has 0 aliphatic rings. The van der Waals surface area contributed by atoms with Gasteiger partial charge < -0.3 is 16.0 Å². The molecule has 158 valence electrons. The second-order valence-corrected chi connectivity index (χ2v) is 7.79. The third kappa shape index (κ3) is 5.76. The summed E-state index contributed by atoms with van der Waals surface area (Å²) in [5, 5.41) is 8.17. The first-order valence-electron chi connectivity index (χ1n) is 9.50. The molecule has 31 heavy (non-hydrogen) atoms. The Morgan fingerprint density at radius 2 is 1.65 bits per heavy atom. The van der Waals surface area contributed by atoms with Gasteiger partial charge in [-0.3, -0.25) is 19.4 Å². The molecule has 0 aliphatic heterocycles. The van der Waals surface area contributed by atoms with Crippen molar-refractivity contribution in [2.75, 3.05) is 17.2 Å². The van der Waals surface area contributed by atoms with Gasteiger partial charge in [-0.05, 0) is 61.4 Å². The highest BCUT2D eigenvalue weighted by molar-refractivity contribution is 9.10. The van der Waals surface area contributed by atoms with Gasteiger partial charge in [0.15, 0.2) is 0 Å². The van der Waals surface area contributed by atoms with Crippen LogP contribution in [0.15, 0.2) is 65.4 Å². The van der Waals surface area contributed by atoms with Crippen LogP contribution in [-0.2, 0) is 4.79 Å². The van der Waals surface area contributed by atoms with Crippen LogP contribution in [0.2, 0.25) is 0 Å². The van der Waals surface area contributed by atoms with Crippen LogP contribution in [-0.4, -0.2) is 29.3 Å². The predicted molar refractivity (Wildman–Crippen MR) is 123 cm³/mol. The summed E-state index contributed by atoms with van der Waals surface area (Å²) in [5.74, 6) is -1.17. The van der Waals surface area contributed by atoms with Crippen LogP contribution in [0.3, 0.4) is 0 Å². The van der Waals surface area contributed by atoms with Gasteiger partial charge in [0.25, 0.3) is 11.8 Å². The van der Waals surface area contributed by atoms with E-state index in [0.29, 0.717) is 16.9 Å². The standard InChI is InChI=1S/C23H21BrN4O3/c1-14-4-3-5-18(21(14)28-22(30)16-8-10-25-11-9-16)23(31)26-13-20(29)27-19-7-6-17(24)12-15(19)2/h3-12H,13H2,1-2H3,(H,26,31)(H,27,29)(H,28,30). The Bertz CT molecular complexity index is 1130. The van der Waals surface area contributed by atoms with Crippen molar-refractivity contribution in [3.63, 3.8) is 0 Å². The first kappa shape index (κ1) is 22.2. The van der Waals surface area contributed by atoms with E-state index in [1.165, 1.54) is 12.4 Å². The maximum atomic E-state index is 12.7. The van der Waals surface area contributed by atoms with Crippen molar-refractivity contribution in [3.8, 4) is 0 Å². The van der Waals surface area contributed by atoms with E-state index >= 15 is 0 Å². The minimum Gasteiger partial charge on any atom is -0.343 e. The molecule has 1 aromatic heterocycles. The quantitative estimate of drug-likeness (QED) is 0.494. The summed E-state index contributed by atoms with van der Waals surface area (Å²) >= 11 is 3.38. The van der Waals surface area contributed by atoms with Crippen LogP contribution >= 0.6 is 15.9 Å². The van der Waals surface area contributed by atoms with E-state index in [4.69, 9.17) is 0 Å². The molecule has 0 radical (unpaired) electrons. The number of hydrogen-bond acceptors (Lipinski definition) is 4. The van der Waals surface area contributed by atoms with Crippen molar-refractivity contribution in [2.24, 2.45) is 0 Å². The van der Waals surface area contributed by atoms with Crippen molar-refractivity contribution in [1.82, 2.24) is 10.3 Å². The molecule has 0 aliphatic carbocycles. The van der Waals surface area contributed by atoms with E-state index in [0.717, 1.165) is 15.6 Å². The lowest BCUT2D eigenvalue weighted by Gasteiger charge is -2.14. The molecule has 8 heteroatoms. The lowest BCUT2D eigenvalue weighted by Crippen LogP contribution is -2.33. The van der Waals surface area contributed by atoms with Crippen LogP contribution in [0.1, 0.15) is 31.8 Å². The monoisotopic (exact) mass is 480 g/mol. The molecule has 0 saturated heterocycles. The highest BCUT2D eigenvalue weighted by atomic mass is 79.9. The lowest BCUT2D eigenvalue weighted by atomic mass is 10.1. The normalized spacial score (nSPS) is 10.3. The molecule has 0 unspecified atom stereocenters. The van der Waals surface area contributed by atoms with Gasteiger partial charge >= 0.3 is 0 Å². The van der Waals surface area contributed by atoms with Crippen LogP contribution in [0.4, 0.5) is 11.4 Å². The minimum absolute atomic E-state index is 0.208. The zero-order valence-corrected chi connectivity index (χ0v) is 18.6. The number of aryl methyl sites for hydroxylation is 2. The van der Waals surface area contributed by atoms with Crippen LogP contribution in [0.25, 0.3) is 0 Å². The fourth-order valence-electron chi connectivity index (χ4n) is 2.93. The topological polar surface area (TPSA) is 100 Å². The number of rotatable bonds is 6. The molecular weight excluding hydrogens is 460 g/mol. The number of nitrogens with zero attached hydrogens (tertiary/aromatic N) is 1. The molecule has 7 nitrogen and oxygen atoms in total. The zero-order valence-electron chi connectivity index (χ0n) is 17.0. The van der Waals surface area contributed by atoms with Crippen molar-refractivity contribution in [2.45, 2.75) is 13.8 Å². The third-order valence-corrected chi connectivity index (χ3v) is 5.06. The first-order valence-corrected chi connectivity index (χ1v) is 10.3. The Hall–Kier alpha value is -3.52. The Kier molecular flexibility index (Phi) is 7.15. The molecule has 2 aromatic carbocycles. The SMILES string of the molecule is Cc1cc(Br)ccc1NC(=O)CNC(=O)c1cccc(C)c1NC(=O)c1ccncc1. The highest BCUT2D eigenvalue weighted by Gasteiger charge is 2.17. The van der Waals surface area contributed by atoms with Gasteiger partial charge in [0.1, 0.15) is 0 Å². The van der Waals surface area contributed by atoms with Crippen LogP contribution < -0.4 is 16.0 Å². The van der Waals surface area contributed by atoms with E-state index in [2.05, 4.69) is 36.9 Å². The van der Waals surface area contributed by atoms with Gasteiger partial charge in [0.05, 0.1) is 17.8 Å². The van der Waals surface area contributed by atoms with E-state index in [1.807, 2.05) is 19.1 Å². The van der Waals surface area contributed by atoms with Crippen LogP contribution in [0.5, 0.6) is 0 Å². The number of benzene rings is 2. The number of halogens is 1.